The number of esters is 1. The fraction of sp³-hybridized carbons (Fsp3) is 0.769. The maximum absolute atomic E-state index is 11.8. The van der Waals surface area contributed by atoms with Gasteiger partial charge in [-0.05, 0) is 20.3 Å². The molecule has 1 aromatic rings. The second-order valence-electron chi connectivity index (χ2n) is 4.39. The molecule has 6 heteroatoms. The van der Waals surface area contributed by atoms with Crippen molar-refractivity contribution in [2.75, 3.05) is 13.7 Å². The molecule has 0 bridgehead atoms. The van der Waals surface area contributed by atoms with Crippen molar-refractivity contribution >= 4 is 5.97 Å². The van der Waals surface area contributed by atoms with E-state index in [-0.39, 0.29) is 12.1 Å². The van der Waals surface area contributed by atoms with Crippen LogP contribution in [0.3, 0.4) is 0 Å². The van der Waals surface area contributed by atoms with E-state index in [1.165, 1.54) is 0 Å². The van der Waals surface area contributed by atoms with Gasteiger partial charge in [-0.25, -0.2) is 0 Å². The van der Waals surface area contributed by atoms with Crippen molar-refractivity contribution in [2.45, 2.75) is 52.1 Å². The molecule has 0 aliphatic carbocycles. The second-order valence-corrected chi connectivity index (χ2v) is 4.39. The van der Waals surface area contributed by atoms with Crippen LogP contribution in [0.25, 0.3) is 0 Å². The summed E-state index contributed by atoms with van der Waals surface area (Å²) in [4.78, 5) is 16.1. The summed E-state index contributed by atoms with van der Waals surface area (Å²) in [5.74, 6) is 0.108. The molecule has 1 rings (SSSR count). The Bertz CT molecular complexity index is 392. The molecule has 0 aromatic carbocycles. The van der Waals surface area contributed by atoms with Crippen molar-refractivity contribution in [2.24, 2.45) is 0 Å². The van der Waals surface area contributed by atoms with Crippen molar-refractivity contribution in [3.63, 3.8) is 0 Å². The number of nitrogens with zero attached hydrogens (tertiary/aromatic N) is 2. The van der Waals surface area contributed by atoms with Crippen LogP contribution in [0.1, 0.15) is 51.2 Å². The minimum Gasteiger partial charge on any atom is -0.465 e. The number of carbonyl (C=O) groups is 1. The fourth-order valence-electron chi connectivity index (χ4n) is 1.71. The average Bonchev–Trinajstić information content (AvgIpc) is 2.84. The molecule has 2 unspecified atom stereocenters. The van der Waals surface area contributed by atoms with E-state index in [1.54, 1.807) is 14.0 Å². The van der Waals surface area contributed by atoms with E-state index in [2.05, 4.69) is 10.1 Å². The maximum Gasteiger partial charge on any atom is 0.318 e. The van der Waals surface area contributed by atoms with Gasteiger partial charge in [0.05, 0.1) is 12.7 Å². The molecule has 1 heterocycles. The number of methoxy groups -OCH3 is 1. The number of carbonyl (C=O) groups excluding carboxylic acids is 1. The normalized spacial score (nSPS) is 14.1. The van der Waals surface area contributed by atoms with Crippen LogP contribution < -0.4 is 0 Å². The Morgan fingerprint density at radius 2 is 2.16 bits per heavy atom. The SMILES string of the molecule is CCCC(C(=O)OCC)c1nc(CC(C)OC)no1. The van der Waals surface area contributed by atoms with Gasteiger partial charge in [-0.2, -0.15) is 4.98 Å². The average molecular weight is 270 g/mol. The maximum atomic E-state index is 11.8. The molecular formula is C13H22N2O4. The number of hydrogen-bond acceptors (Lipinski definition) is 6. The van der Waals surface area contributed by atoms with Gasteiger partial charge < -0.3 is 14.0 Å². The van der Waals surface area contributed by atoms with Crippen LogP contribution >= 0.6 is 0 Å². The summed E-state index contributed by atoms with van der Waals surface area (Å²) in [5.41, 5.74) is 0. The van der Waals surface area contributed by atoms with Crippen molar-refractivity contribution in [1.82, 2.24) is 10.1 Å². The van der Waals surface area contributed by atoms with Gasteiger partial charge in [-0.1, -0.05) is 18.5 Å². The van der Waals surface area contributed by atoms with Gasteiger partial charge in [0.2, 0.25) is 5.89 Å². The Kier molecular flexibility index (Phi) is 6.49. The van der Waals surface area contributed by atoms with Crippen LogP contribution in [-0.4, -0.2) is 35.9 Å². The van der Waals surface area contributed by atoms with Crippen molar-refractivity contribution in [3.8, 4) is 0 Å². The first-order valence-corrected chi connectivity index (χ1v) is 6.64. The Hall–Kier alpha value is -1.43. The van der Waals surface area contributed by atoms with Gasteiger partial charge in [0.1, 0.15) is 5.92 Å². The first-order valence-electron chi connectivity index (χ1n) is 6.64. The molecule has 1 aromatic heterocycles. The summed E-state index contributed by atoms with van der Waals surface area (Å²) in [6.07, 6.45) is 2.05. The zero-order chi connectivity index (χ0) is 14.3. The Balaban J connectivity index is 2.76. The van der Waals surface area contributed by atoms with Gasteiger partial charge in [0, 0.05) is 13.5 Å². The van der Waals surface area contributed by atoms with Crippen LogP contribution in [0, 0.1) is 0 Å². The van der Waals surface area contributed by atoms with Crippen LogP contribution in [-0.2, 0) is 20.7 Å². The summed E-state index contributed by atoms with van der Waals surface area (Å²) in [6.45, 7) is 6.04. The number of hydrogen-bond donors (Lipinski definition) is 0. The summed E-state index contributed by atoms with van der Waals surface area (Å²) in [5, 5.41) is 3.88. The molecule has 0 spiro atoms. The highest BCUT2D eigenvalue weighted by Crippen LogP contribution is 2.21. The quantitative estimate of drug-likeness (QED) is 0.673. The van der Waals surface area contributed by atoms with Crippen molar-refractivity contribution in [1.29, 1.82) is 0 Å². The lowest BCUT2D eigenvalue weighted by Gasteiger charge is -2.09. The first kappa shape index (κ1) is 15.6. The van der Waals surface area contributed by atoms with E-state index < -0.39 is 5.92 Å². The summed E-state index contributed by atoms with van der Waals surface area (Å²) in [6, 6.07) is 0. The lowest BCUT2D eigenvalue weighted by molar-refractivity contribution is -0.145. The van der Waals surface area contributed by atoms with Gasteiger partial charge in [0.25, 0.3) is 0 Å². The highest BCUT2D eigenvalue weighted by molar-refractivity contribution is 5.76. The topological polar surface area (TPSA) is 74.5 Å². The summed E-state index contributed by atoms with van der Waals surface area (Å²) >= 11 is 0. The predicted octanol–water partition coefficient (Wildman–Crippen LogP) is 2.09. The molecule has 6 nitrogen and oxygen atoms in total. The summed E-state index contributed by atoms with van der Waals surface area (Å²) < 4.78 is 15.3. The molecule has 0 radical (unpaired) electrons. The zero-order valence-corrected chi connectivity index (χ0v) is 12.0. The molecular weight excluding hydrogens is 248 g/mol. The van der Waals surface area contributed by atoms with Gasteiger partial charge >= 0.3 is 5.97 Å². The highest BCUT2D eigenvalue weighted by Gasteiger charge is 2.27. The Morgan fingerprint density at radius 3 is 2.74 bits per heavy atom. The zero-order valence-electron chi connectivity index (χ0n) is 12.0. The third-order valence-corrected chi connectivity index (χ3v) is 2.80. The third kappa shape index (κ3) is 4.63. The summed E-state index contributed by atoms with van der Waals surface area (Å²) in [7, 11) is 1.63. The number of rotatable bonds is 8. The van der Waals surface area contributed by atoms with Crippen molar-refractivity contribution < 1.29 is 18.8 Å². The molecule has 0 N–H and O–H groups in total. The molecule has 0 saturated heterocycles. The molecule has 0 fully saturated rings. The van der Waals surface area contributed by atoms with Crippen LogP contribution in [0.5, 0.6) is 0 Å². The number of ether oxygens (including phenoxy) is 2. The van der Waals surface area contributed by atoms with Crippen LogP contribution in [0.2, 0.25) is 0 Å². The van der Waals surface area contributed by atoms with Gasteiger partial charge in [0.15, 0.2) is 5.82 Å². The molecule has 0 aliphatic heterocycles. The van der Waals surface area contributed by atoms with Gasteiger partial charge in [-0.3, -0.25) is 4.79 Å². The highest BCUT2D eigenvalue weighted by atomic mass is 16.5. The standard InChI is InChI=1S/C13H22N2O4/c1-5-7-10(13(16)18-6-2)12-14-11(15-19-12)8-9(3)17-4/h9-10H,5-8H2,1-4H3. The van der Waals surface area contributed by atoms with E-state index in [9.17, 15) is 4.79 Å². The minimum absolute atomic E-state index is 0.0117. The molecule has 2 atom stereocenters. The number of aromatic nitrogens is 2. The van der Waals surface area contributed by atoms with E-state index in [0.29, 0.717) is 31.2 Å². The molecule has 0 amide bonds. The predicted molar refractivity (Wildman–Crippen MR) is 68.8 cm³/mol. The van der Waals surface area contributed by atoms with E-state index in [0.717, 1.165) is 6.42 Å². The van der Waals surface area contributed by atoms with Crippen molar-refractivity contribution in [3.05, 3.63) is 11.7 Å². The van der Waals surface area contributed by atoms with E-state index in [1.807, 2.05) is 13.8 Å². The molecule has 0 aliphatic rings. The lowest BCUT2D eigenvalue weighted by Crippen LogP contribution is -2.16. The Labute approximate surface area is 113 Å². The van der Waals surface area contributed by atoms with Crippen LogP contribution in [0.15, 0.2) is 4.52 Å². The van der Waals surface area contributed by atoms with Crippen LogP contribution in [0.4, 0.5) is 0 Å². The lowest BCUT2D eigenvalue weighted by atomic mass is 10.0. The minimum atomic E-state index is -0.468. The second kappa shape index (κ2) is 7.89. The third-order valence-electron chi connectivity index (χ3n) is 2.80. The monoisotopic (exact) mass is 270 g/mol. The first-order chi connectivity index (χ1) is 9.12. The molecule has 19 heavy (non-hydrogen) atoms. The van der Waals surface area contributed by atoms with E-state index >= 15 is 0 Å². The molecule has 0 saturated carbocycles. The largest absolute Gasteiger partial charge is 0.465 e. The smallest absolute Gasteiger partial charge is 0.318 e. The van der Waals surface area contributed by atoms with E-state index in [4.69, 9.17) is 14.0 Å². The molecule has 108 valence electrons. The fourth-order valence-corrected chi connectivity index (χ4v) is 1.71. The van der Waals surface area contributed by atoms with Gasteiger partial charge in [-0.15, -0.1) is 0 Å². The Morgan fingerprint density at radius 1 is 1.42 bits per heavy atom.